The second-order valence-corrected chi connectivity index (χ2v) is 2.27. The van der Waals surface area contributed by atoms with Crippen LogP contribution >= 0.6 is 0 Å². The minimum Gasteiger partial charge on any atom is -0.478 e. The lowest BCUT2D eigenvalue weighted by Crippen LogP contribution is -2.10. The molecule has 0 radical (unpaired) electrons. The van der Waals surface area contributed by atoms with E-state index in [0.29, 0.717) is 0 Å². The van der Waals surface area contributed by atoms with Gasteiger partial charge in [0.05, 0.1) is 0 Å². The molecule has 0 saturated carbocycles. The van der Waals surface area contributed by atoms with E-state index in [1.165, 1.54) is 6.20 Å². The van der Waals surface area contributed by atoms with Crippen LogP contribution in [0.5, 0.6) is 0 Å². The summed E-state index contributed by atoms with van der Waals surface area (Å²) in [4.78, 5) is 21.0. The number of aromatic nitrogens is 2. The number of nitrogens with zero attached hydrogens (tertiary/aromatic N) is 2. The molecule has 0 aromatic carbocycles. The first-order valence-electron chi connectivity index (χ1n) is 3.68. The molecule has 14 heavy (non-hydrogen) atoms. The highest BCUT2D eigenvalue weighted by molar-refractivity contribution is 6.01. The van der Waals surface area contributed by atoms with Crippen LogP contribution < -0.4 is 5.32 Å². The standard InChI is InChI=1S/C8H7N3O3/c12-7(3-4-8(13)14)10-6-2-1-5-9-11-6/h1-5H,(H,13,14)(H,10,11,12)/b4-3+. The van der Waals surface area contributed by atoms with Crippen molar-refractivity contribution in [1.29, 1.82) is 0 Å². The Hall–Kier alpha value is -2.24. The molecule has 0 aliphatic carbocycles. The van der Waals surface area contributed by atoms with E-state index in [2.05, 4.69) is 15.5 Å². The Kier molecular flexibility index (Phi) is 3.31. The Balaban J connectivity index is 2.54. The molecule has 1 amide bonds. The molecule has 1 aromatic heterocycles. The molecule has 0 fully saturated rings. The molecule has 6 nitrogen and oxygen atoms in total. The number of nitrogens with one attached hydrogen (secondary N) is 1. The summed E-state index contributed by atoms with van der Waals surface area (Å²) < 4.78 is 0. The summed E-state index contributed by atoms with van der Waals surface area (Å²) in [5.41, 5.74) is 0. The Bertz CT molecular complexity index is 361. The molecule has 0 spiro atoms. The first-order valence-corrected chi connectivity index (χ1v) is 3.68. The summed E-state index contributed by atoms with van der Waals surface area (Å²) >= 11 is 0. The number of carbonyl (C=O) groups is 2. The smallest absolute Gasteiger partial charge is 0.328 e. The van der Waals surface area contributed by atoms with Crippen molar-refractivity contribution < 1.29 is 14.7 Å². The molecule has 0 saturated heterocycles. The van der Waals surface area contributed by atoms with Crippen LogP contribution in [-0.4, -0.2) is 27.2 Å². The molecule has 6 heteroatoms. The van der Waals surface area contributed by atoms with Gasteiger partial charge in [-0.05, 0) is 12.1 Å². The Morgan fingerprint density at radius 2 is 2.21 bits per heavy atom. The number of aliphatic carboxylic acids is 1. The van der Waals surface area contributed by atoms with Crippen molar-refractivity contribution in [3.63, 3.8) is 0 Å². The van der Waals surface area contributed by atoms with Gasteiger partial charge in [-0.1, -0.05) is 0 Å². The maximum absolute atomic E-state index is 11.0. The van der Waals surface area contributed by atoms with Crippen molar-refractivity contribution in [2.24, 2.45) is 0 Å². The number of amides is 1. The normalized spacial score (nSPS) is 10.0. The molecule has 0 aliphatic heterocycles. The van der Waals surface area contributed by atoms with Gasteiger partial charge in [-0.15, -0.1) is 5.10 Å². The monoisotopic (exact) mass is 193 g/mol. The average Bonchev–Trinajstić information content (AvgIpc) is 2.16. The van der Waals surface area contributed by atoms with Crippen LogP contribution in [0.3, 0.4) is 0 Å². The molecule has 0 unspecified atom stereocenters. The van der Waals surface area contributed by atoms with Crippen LogP contribution in [0.15, 0.2) is 30.5 Å². The van der Waals surface area contributed by atoms with Crippen molar-refractivity contribution in [2.45, 2.75) is 0 Å². The summed E-state index contributed by atoms with van der Waals surface area (Å²) in [5.74, 6) is -1.47. The van der Waals surface area contributed by atoms with Gasteiger partial charge >= 0.3 is 5.97 Å². The van der Waals surface area contributed by atoms with Gasteiger partial charge in [-0.25, -0.2) is 4.79 Å². The fraction of sp³-hybridized carbons (Fsp3) is 0. The molecule has 72 valence electrons. The second kappa shape index (κ2) is 4.70. The Morgan fingerprint density at radius 1 is 1.43 bits per heavy atom. The third-order valence-corrected chi connectivity index (χ3v) is 1.20. The Labute approximate surface area is 79.3 Å². The summed E-state index contributed by atoms with van der Waals surface area (Å²) in [5, 5.41) is 17.7. The predicted octanol–water partition coefficient (Wildman–Crippen LogP) is 0.0559. The highest BCUT2D eigenvalue weighted by Crippen LogP contribution is 1.97. The average molecular weight is 193 g/mol. The third-order valence-electron chi connectivity index (χ3n) is 1.20. The van der Waals surface area contributed by atoms with Crippen LogP contribution in [0.1, 0.15) is 0 Å². The zero-order valence-corrected chi connectivity index (χ0v) is 7.04. The minimum absolute atomic E-state index is 0.271. The van der Waals surface area contributed by atoms with E-state index < -0.39 is 11.9 Å². The largest absolute Gasteiger partial charge is 0.478 e. The van der Waals surface area contributed by atoms with E-state index in [-0.39, 0.29) is 5.82 Å². The van der Waals surface area contributed by atoms with Crippen LogP contribution in [0.2, 0.25) is 0 Å². The number of rotatable bonds is 3. The first-order chi connectivity index (χ1) is 6.68. The molecule has 0 atom stereocenters. The molecular weight excluding hydrogens is 186 g/mol. The van der Waals surface area contributed by atoms with Gasteiger partial charge in [-0.3, -0.25) is 4.79 Å². The number of hydrogen-bond acceptors (Lipinski definition) is 4. The van der Waals surface area contributed by atoms with E-state index in [0.717, 1.165) is 12.2 Å². The summed E-state index contributed by atoms with van der Waals surface area (Å²) in [7, 11) is 0. The van der Waals surface area contributed by atoms with E-state index in [1.54, 1.807) is 12.1 Å². The molecule has 1 rings (SSSR count). The van der Waals surface area contributed by atoms with Gasteiger partial charge < -0.3 is 10.4 Å². The molecule has 1 heterocycles. The summed E-state index contributed by atoms with van der Waals surface area (Å²) in [6.07, 6.45) is 3.10. The summed E-state index contributed by atoms with van der Waals surface area (Å²) in [6, 6.07) is 3.14. The lowest BCUT2D eigenvalue weighted by Gasteiger charge is -1.97. The van der Waals surface area contributed by atoms with Crippen molar-refractivity contribution in [1.82, 2.24) is 10.2 Å². The maximum Gasteiger partial charge on any atom is 0.328 e. The van der Waals surface area contributed by atoms with Gasteiger partial charge in [-0.2, -0.15) is 5.10 Å². The Morgan fingerprint density at radius 3 is 2.79 bits per heavy atom. The molecule has 0 bridgehead atoms. The molecule has 0 aliphatic rings. The molecule has 2 N–H and O–H groups in total. The number of anilines is 1. The van der Waals surface area contributed by atoms with Crippen molar-refractivity contribution in [3.8, 4) is 0 Å². The van der Waals surface area contributed by atoms with Gasteiger partial charge in [0.15, 0.2) is 5.82 Å². The van der Waals surface area contributed by atoms with Gasteiger partial charge in [0.1, 0.15) is 0 Å². The minimum atomic E-state index is -1.18. The molecule has 1 aromatic rings. The maximum atomic E-state index is 11.0. The van der Waals surface area contributed by atoms with Crippen LogP contribution in [0.25, 0.3) is 0 Å². The topological polar surface area (TPSA) is 92.2 Å². The molecular formula is C8H7N3O3. The van der Waals surface area contributed by atoms with Crippen molar-refractivity contribution in [2.75, 3.05) is 5.32 Å². The SMILES string of the molecule is O=C(O)/C=C/C(=O)Nc1cccnn1. The number of carbonyl (C=O) groups excluding carboxylic acids is 1. The number of carboxylic acids is 1. The van der Waals surface area contributed by atoms with E-state index >= 15 is 0 Å². The van der Waals surface area contributed by atoms with Crippen molar-refractivity contribution >= 4 is 17.7 Å². The first kappa shape index (κ1) is 9.85. The fourth-order valence-electron chi connectivity index (χ4n) is 0.683. The van der Waals surface area contributed by atoms with E-state index in [1.807, 2.05) is 0 Å². The second-order valence-electron chi connectivity index (χ2n) is 2.27. The highest BCUT2D eigenvalue weighted by Gasteiger charge is 1.98. The third kappa shape index (κ3) is 3.44. The van der Waals surface area contributed by atoms with Crippen LogP contribution in [0, 0.1) is 0 Å². The zero-order valence-electron chi connectivity index (χ0n) is 7.04. The quantitative estimate of drug-likeness (QED) is 0.662. The lowest BCUT2D eigenvalue weighted by atomic mass is 10.4. The van der Waals surface area contributed by atoms with Crippen molar-refractivity contribution in [3.05, 3.63) is 30.5 Å². The number of hydrogen-bond donors (Lipinski definition) is 2. The van der Waals surface area contributed by atoms with E-state index in [9.17, 15) is 9.59 Å². The van der Waals surface area contributed by atoms with Crippen LogP contribution in [-0.2, 0) is 9.59 Å². The van der Waals surface area contributed by atoms with Gasteiger partial charge in [0.25, 0.3) is 0 Å². The highest BCUT2D eigenvalue weighted by atomic mass is 16.4. The van der Waals surface area contributed by atoms with Crippen LogP contribution in [0.4, 0.5) is 5.82 Å². The predicted molar refractivity (Wildman–Crippen MR) is 47.4 cm³/mol. The van der Waals surface area contributed by atoms with Gasteiger partial charge in [0.2, 0.25) is 5.91 Å². The van der Waals surface area contributed by atoms with E-state index in [4.69, 9.17) is 5.11 Å². The lowest BCUT2D eigenvalue weighted by molar-refractivity contribution is -0.131. The zero-order chi connectivity index (χ0) is 10.4. The summed E-state index contributed by atoms with van der Waals surface area (Å²) in [6.45, 7) is 0. The fourth-order valence-corrected chi connectivity index (χ4v) is 0.683. The number of carboxylic acid groups (broad SMARTS) is 1. The van der Waals surface area contributed by atoms with Gasteiger partial charge in [0, 0.05) is 18.3 Å².